The van der Waals surface area contributed by atoms with Gasteiger partial charge in [0, 0.05) is 0 Å². The molecule has 0 saturated carbocycles. The summed E-state index contributed by atoms with van der Waals surface area (Å²) in [6, 6.07) is 8.41. The summed E-state index contributed by atoms with van der Waals surface area (Å²) in [6.45, 7) is 0. The van der Waals surface area contributed by atoms with Gasteiger partial charge >= 0.3 is 83.3 Å². The molecule has 2 rings (SSSR count). The normalized spacial score (nSPS) is 12.2. The first-order valence-corrected chi connectivity index (χ1v) is 9.85. The number of para-hydroxylation sites is 1. The Morgan fingerprint density at radius 1 is 1.42 bits per heavy atom. The molecule has 1 nitrogen and oxygen atoms in total. The summed E-state index contributed by atoms with van der Waals surface area (Å²) in [4.78, 5) is 4.38. The molecule has 0 fully saturated rings. The fourth-order valence-electron chi connectivity index (χ4n) is 1.02. The number of fused-ring (bicyclic) bond motifs is 1. The van der Waals surface area contributed by atoms with Crippen LogP contribution in [0.2, 0.25) is 5.82 Å². The van der Waals surface area contributed by atoms with Crippen LogP contribution in [0.4, 0.5) is 0 Å². The molecule has 0 bridgehead atoms. The van der Waals surface area contributed by atoms with Crippen molar-refractivity contribution >= 4 is 42.8 Å². The van der Waals surface area contributed by atoms with Gasteiger partial charge in [0.1, 0.15) is 0 Å². The number of hydrogen-bond donors (Lipinski definition) is 0. The molecule has 0 aliphatic carbocycles. The molecule has 4 heteroatoms. The third-order valence-electron chi connectivity index (χ3n) is 1.51. The Bertz CT molecular complexity index is 385. The number of nitrogens with zero attached hydrogens (tertiary/aromatic N) is 1. The Kier molecular flexibility index (Phi) is 2.71. The quantitative estimate of drug-likeness (QED) is 0.468. The predicted octanol–water partition coefficient (Wildman–Crippen LogP) is 3.15. The van der Waals surface area contributed by atoms with Crippen LogP contribution < -0.4 is 0 Å². The summed E-state index contributed by atoms with van der Waals surface area (Å²) in [7, 11) is 2.27. The third kappa shape index (κ3) is 1.52. The first-order valence-electron chi connectivity index (χ1n) is 3.49. The van der Waals surface area contributed by atoms with E-state index in [1.165, 1.54) is 4.70 Å². The molecule has 1 aromatic heterocycles. The van der Waals surface area contributed by atoms with Crippen LogP contribution in [-0.4, -0.2) is 18.8 Å². The van der Waals surface area contributed by atoms with E-state index in [-0.39, 0.29) is 9.50 Å². The summed E-state index contributed by atoms with van der Waals surface area (Å²) in [6.07, 6.45) is 0. The number of rotatable bonds is 2. The first kappa shape index (κ1) is 8.57. The Labute approximate surface area is 83.2 Å². The molecule has 0 saturated heterocycles. The molecular weight excluding hydrogens is 253 g/mol. The summed E-state index contributed by atoms with van der Waals surface area (Å²) in [5, 5.41) is 0. The van der Waals surface area contributed by atoms with E-state index in [2.05, 4.69) is 34.5 Å². The van der Waals surface area contributed by atoms with E-state index in [9.17, 15) is 0 Å². The molecule has 0 spiro atoms. The molecule has 1 unspecified atom stereocenters. The van der Waals surface area contributed by atoms with Gasteiger partial charge in [-0.2, -0.15) is 0 Å². The van der Waals surface area contributed by atoms with Crippen LogP contribution in [0.25, 0.3) is 10.2 Å². The van der Waals surface area contributed by atoms with Gasteiger partial charge in [0.25, 0.3) is 0 Å². The van der Waals surface area contributed by atoms with Gasteiger partial charge in [-0.15, -0.1) is 0 Å². The number of thiazole rings is 1. The summed E-state index contributed by atoms with van der Waals surface area (Å²) < 4.78 is 1.41. The molecule has 1 aromatic carbocycles. The second kappa shape index (κ2) is 3.79. The number of benzene rings is 1. The maximum atomic E-state index is 4.38. The number of hydrogen-bond acceptors (Lipinski definition) is 2. The van der Waals surface area contributed by atoms with Crippen molar-refractivity contribution < 1.29 is 0 Å². The van der Waals surface area contributed by atoms with Crippen LogP contribution >= 0.6 is 18.7 Å². The van der Waals surface area contributed by atoms with Gasteiger partial charge in [0.2, 0.25) is 0 Å². The van der Waals surface area contributed by atoms with Crippen molar-refractivity contribution in [2.45, 2.75) is 5.82 Å². The molecule has 1 atom stereocenters. The molecular formula is C8H8NS2Se+. The molecule has 0 amide bonds. The van der Waals surface area contributed by atoms with Crippen LogP contribution in [0.1, 0.15) is 0 Å². The molecule has 62 valence electrons. The summed E-state index contributed by atoms with van der Waals surface area (Å²) in [5.41, 5.74) is 3.25. The average Bonchev–Trinajstić information content (AvgIpc) is 2.50. The molecule has 0 aliphatic rings. The summed E-state index contributed by atoms with van der Waals surface area (Å²) in [5.74, 6) is 2.25. The fraction of sp³-hybridized carbons (Fsp3) is 0.125. The van der Waals surface area contributed by atoms with Gasteiger partial charge in [-0.3, -0.25) is 0 Å². The van der Waals surface area contributed by atoms with Gasteiger partial charge in [-0.1, -0.05) is 0 Å². The molecule has 1 heterocycles. The van der Waals surface area contributed by atoms with Gasteiger partial charge in [0.15, 0.2) is 0 Å². The summed E-state index contributed by atoms with van der Waals surface area (Å²) >= 11 is 0.673. The molecule has 12 heavy (non-hydrogen) atoms. The van der Waals surface area contributed by atoms with E-state index < -0.39 is 0 Å². The third-order valence-corrected chi connectivity index (χ3v) is 9.85. The minimum absolute atomic E-state index is 0.251. The van der Waals surface area contributed by atoms with E-state index in [1.807, 2.05) is 15.3 Å². The van der Waals surface area contributed by atoms with Crippen molar-refractivity contribution in [2.75, 3.05) is 0 Å². The topological polar surface area (TPSA) is 12.9 Å². The molecule has 0 N–H and O–H groups in total. The Morgan fingerprint density at radius 2 is 2.25 bits per heavy atom. The fourth-order valence-corrected chi connectivity index (χ4v) is 8.27. The second-order valence-electron chi connectivity index (χ2n) is 2.23. The Morgan fingerprint density at radius 3 is 3.08 bits per heavy atom. The monoisotopic (exact) mass is 262 g/mol. The van der Waals surface area contributed by atoms with E-state index in [1.54, 1.807) is 0 Å². The van der Waals surface area contributed by atoms with Crippen LogP contribution in [-0.2, 0) is 0 Å². The predicted molar refractivity (Wildman–Crippen MR) is 58.8 cm³/mol. The van der Waals surface area contributed by atoms with Crippen LogP contribution in [0.3, 0.4) is 0 Å². The van der Waals surface area contributed by atoms with E-state index in [0.29, 0.717) is 13.8 Å². The van der Waals surface area contributed by atoms with Crippen LogP contribution in [0.15, 0.2) is 29.8 Å². The average molecular weight is 261 g/mol. The zero-order valence-electron chi connectivity index (χ0n) is 6.56. The molecule has 2 aromatic rings. The van der Waals surface area contributed by atoms with Gasteiger partial charge in [-0.25, -0.2) is 0 Å². The van der Waals surface area contributed by atoms with Crippen molar-refractivity contribution in [2.24, 2.45) is 0 Å². The minimum atomic E-state index is 0.251. The van der Waals surface area contributed by atoms with Crippen molar-refractivity contribution in [3.05, 3.63) is 29.8 Å². The first-order chi connectivity index (χ1) is 5.92. The van der Waals surface area contributed by atoms with Gasteiger partial charge in [0.05, 0.1) is 0 Å². The van der Waals surface area contributed by atoms with Gasteiger partial charge < -0.3 is 0 Å². The second-order valence-corrected chi connectivity index (χ2v) is 10.1. The van der Waals surface area contributed by atoms with Crippen molar-refractivity contribution in [3.8, 4) is 0 Å². The zero-order valence-corrected chi connectivity index (χ0v) is 9.90. The standard InChI is InChI=1S/C8H8NS2Se/c1-12-10-11-6-9-7-4-2-3-5-8(7)11/h2-6H,1H3/q+1. The Hall–Kier alpha value is -0.0205. The van der Waals surface area contributed by atoms with Crippen molar-refractivity contribution in [1.82, 2.24) is 4.98 Å². The molecule has 0 aliphatic heterocycles. The van der Waals surface area contributed by atoms with E-state index in [0.717, 1.165) is 5.52 Å². The van der Waals surface area contributed by atoms with E-state index in [4.69, 9.17) is 0 Å². The number of aromatic nitrogens is 1. The van der Waals surface area contributed by atoms with Crippen LogP contribution in [0.5, 0.6) is 0 Å². The van der Waals surface area contributed by atoms with Crippen molar-refractivity contribution in [3.63, 3.8) is 0 Å². The molecule has 0 radical (unpaired) electrons. The Balaban J connectivity index is 2.55. The van der Waals surface area contributed by atoms with Crippen molar-refractivity contribution in [1.29, 1.82) is 0 Å². The zero-order chi connectivity index (χ0) is 8.39. The van der Waals surface area contributed by atoms with Gasteiger partial charge in [-0.05, 0) is 0 Å². The van der Waals surface area contributed by atoms with Crippen LogP contribution in [0, 0.1) is 0 Å². The van der Waals surface area contributed by atoms with E-state index >= 15 is 0 Å². The SMILES string of the molecule is C[Se]S[s+]1cnc2ccccc21. The maximum absolute atomic E-state index is 4.38.